The fourth-order valence-electron chi connectivity index (χ4n) is 4.25. The number of aromatic nitrogens is 2. The van der Waals surface area contributed by atoms with Crippen LogP contribution in [0.3, 0.4) is 0 Å². The van der Waals surface area contributed by atoms with E-state index in [4.69, 9.17) is 30.5 Å². The average Bonchev–Trinajstić information content (AvgIpc) is 2.90. The number of rotatable bonds is 6. The van der Waals surface area contributed by atoms with Crippen molar-refractivity contribution >= 4 is 23.4 Å². The molecule has 1 aromatic carbocycles. The molecule has 3 aromatic rings. The number of methoxy groups -OCH3 is 1. The lowest BCUT2D eigenvalue weighted by molar-refractivity contribution is -0.298. The van der Waals surface area contributed by atoms with Gasteiger partial charge in [-0.1, -0.05) is 58.8 Å². The Morgan fingerprint density at radius 3 is 2.71 bits per heavy atom. The lowest BCUT2D eigenvalue weighted by Gasteiger charge is -2.47. The number of benzene rings is 1. The zero-order valence-corrected chi connectivity index (χ0v) is 20.2. The van der Waals surface area contributed by atoms with E-state index in [2.05, 4.69) is 20.0 Å². The van der Waals surface area contributed by atoms with Crippen molar-refractivity contribution in [3.63, 3.8) is 0 Å². The number of thioether (sulfide) groups is 1. The average molecular weight is 512 g/mol. The summed E-state index contributed by atoms with van der Waals surface area (Å²) >= 11 is 7.70. The van der Waals surface area contributed by atoms with Crippen molar-refractivity contribution in [2.24, 2.45) is 5.11 Å². The number of ether oxygens (including phenoxy) is 4. The van der Waals surface area contributed by atoms with Gasteiger partial charge in [0, 0.05) is 46.6 Å². The zero-order valence-electron chi connectivity index (χ0n) is 18.7. The first-order valence-corrected chi connectivity index (χ1v) is 12.2. The first-order valence-electron chi connectivity index (χ1n) is 10.9. The van der Waals surface area contributed by atoms with E-state index in [0.29, 0.717) is 5.02 Å². The van der Waals surface area contributed by atoms with E-state index < -0.39 is 36.1 Å². The molecule has 2 aliphatic rings. The van der Waals surface area contributed by atoms with Gasteiger partial charge in [-0.2, -0.15) is 0 Å². The molecule has 0 radical (unpaired) electrons. The first kappa shape index (κ1) is 24.0. The minimum absolute atomic E-state index is 0.278. The van der Waals surface area contributed by atoms with Gasteiger partial charge in [0.05, 0.1) is 23.4 Å². The van der Waals surface area contributed by atoms with E-state index >= 15 is 0 Å². The Morgan fingerprint density at radius 1 is 1.17 bits per heavy atom. The van der Waals surface area contributed by atoms with Crippen molar-refractivity contribution in [3.05, 3.63) is 88.2 Å². The lowest BCUT2D eigenvalue weighted by atomic mass is 9.96. The van der Waals surface area contributed by atoms with Crippen LogP contribution in [-0.4, -0.2) is 53.5 Å². The Kier molecular flexibility index (Phi) is 7.50. The lowest BCUT2D eigenvalue weighted by Crippen LogP contribution is -2.60. The van der Waals surface area contributed by atoms with Gasteiger partial charge < -0.3 is 18.9 Å². The second kappa shape index (κ2) is 10.9. The van der Waals surface area contributed by atoms with Crippen LogP contribution in [0.4, 0.5) is 0 Å². The van der Waals surface area contributed by atoms with E-state index in [-0.39, 0.29) is 6.61 Å². The molecule has 5 rings (SSSR count). The Morgan fingerprint density at radius 2 is 1.97 bits per heavy atom. The standard InChI is InChI=1S/C24H22ClN5O4S/c1-31-22-20(29-30-26)21-17(13-32-23(34-21)15-5-3-2-4-6-15)33-24(22)35-18-11-16(25)12-28-19(18)14-7-9-27-10-8-14/h2-12,17,20-24H,13H2,1H3/t17?,20?,21-,22-,23?,24+/m0/s1. The Hall–Kier alpha value is -2.69. The molecule has 0 saturated carbocycles. The fourth-order valence-corrected chi connectivity index (χ4v) is 5.80. The number of azide groups is 1. The summed E-state index contributed by atoms with van der Waals surface area (Å²) in [6, 6.07) is 14.6. The zero-order chi connectivity index (χ0) is 24.2. The smallest absolute Gasteiger partial charge is 0.184 e. The summed E-state index contributed by atoms with van der Waals surface area (Å²) in [5.74, 6) is 0. The van der Waals surface area contributed by atoms with Gasteiger partial charge in [0.2, 0.25) is 0 Å². The van der Waals surface area contributed by atoms with Gasteiger partial charge in [-0.3, -0.25) is 9.97 Å². The molecule has 35 heavy (non-hydrogen) atoms. The van der Waals surface area contributed by atoms with E-state index in [1.165, 1.54) is 11.8 Å². The van der Waals surface area contributed by atoms with Gasteiger partial charge >= 0.3 is 0 Å². The normalized spacial score (nSPS) is 28.1. The maximum Gasteiger partial charge on any atom is 0.184 e. The summed E-state index contributed by atoms with van der Waals surface area (Å²) < 4.78 is 24.4. The monoisotopic (exact) mass is 511 g/mol. The summed E-state index contributed by atoms with van der Waals surface area (Å²) in [5.41, 5.74) is 11.3. The minimum atomic E-state index is -0.632. The SMILES string of the molecule is CO[C@H]1C(N=[N+]=[N-])[C@H]2OC(c3ccccc3)OCC2O[C@@H]1Sc1cc(Cl)cnc1-c1ccncc1. The van der Waals surface area contributed by atoms with Gasteiger partial charge in [-0.05, 0) is 23.7 Å². The summed E-state index contributed by atoms with van der Waals surface area (Å²) in [6.45, 7) is 0.278. The molecule has 4 heterocycles. The van der Waals surface area contributed by atoms with Gasteiger partial charge in [0.25, 0.3) is 0 Å². The third-order valence-corrected chi connectivity index (χ3v) is 7.24. The van der Waals surface area contributed by atoms with Crippen molar-refractivity contribution in [1.29, 1.82) is 0 Å². The molecule has 2 fully saturated rings. The molecule has 180 valence electrons. The highest BCUT2D eigenvalue weighted by Crippen LogP contribution is 2.43. The molecule has 9 nitrogen and oxygen atoms in total. The van der Waals surface area contributed by atoms with Crippen LogP contribution >= 0.6 is 23.4 Å². The maximum atomic E-state index is 9.35. The number of fused-ring (bicyclic) bond motifs is 1. The number of hydrogen-bond donors (Lipinski definition) is 0. The first-order chi connectivity index (χ1) is 17.2. The summed E-state index contributed by atoms with van der Waals surface area (Å²) in [5, 5.41) is 4.57. The van der Waals surface area contributed by atoms with Crippen molar-refractivity contribution in [3.8, 4) is 11.3 Å². The van der Waals surface area contributed by atoms with Crippen molar-refractivity contribution in [1.82, 2.24) is 9.97 Å². The molecule has 0 spiro atoms. The van der Waals surface area contributed by atoms with Crippen LogP contribution < -0.4 is 0 Å². The number of nitrogens with zero attached hydrogens (tertiary/aromatic N) is 5. The minimum Gasteiger partial charge on any atom is -0.377 e. The topological polar surface area (TPSA) is 111 Å². The second-order valence-electron chi connectivity index (χ2n) is 7.97. The Bertz CT molecular complexity index is 1200. The fraction of sp³-hybridized carbons (Fsp3) is 0.333. The third-order valence-electron chi connectivity index (χ3n) is 5.85. The molecule has 2 aromatic heterocycles. The molecule has 0 amide bonds. The van der Waals surface area contributed by atoms with Crippen LogP contribution in [0.1, 0.15) is 11.9 Å². The van der Waals surface area contributed by atoms with Crippen LogP contribution in [0, 0.1) is 0 Å². The van der Waals surface area contributed by atoms with Gasteiger partial charge in [-0.15, -0.1) is 0 Å². The third kappa shape index (κ3) is 5.14. The predicted molar refractivity (Wildman–Crippen MR) is 131 cm³/mol. The van der Waals surface area contributed by atoms with E-state index in [0.717, 1.165) is 21.7 Å². The Balaban J connectivity index is 1.44. The number of halogens is 1. The molecule has 2 saturated heterocycles. The van der Waals surface area contributed by atoms with Crippen LogP contribution in [0.15, 0.2) is 77.1 Å². The highest BCUT2D eigenvalue weighted by atomic mass is 35.5. The van der Waals surface area contributed by atoms with E-state index in [9.17, 15) is 5.53 Å². The van der Waals surface area contributed by atoms with Crippen LogP contribution in [0.25, 0.3) is 21.7 Å². The largest absolute Gasteiger partial charge is 0.377 e. The predicted octanol–water partition coefficient (Wildman–Crippen LogP) is 5.42. The molecule has 3 unspecified atom stereocenters. The second-order valence-corrected chi connectivity index (χ2v) is 9.55. The molecule has 0 N–H and O–H groups in total. The van der Waals surface area contributed by atoms with Crippen LogP contribution in [0.2, 0.25) is 5.02 Å². The highest BCUT2D eigenvalue weighted by molar-refractivity contribution is 8.00. The summed E-state index contributed by atoms with van der Waals surface area (Å²) in [4.78, 5) is 12.5. The summed E-state index contributed by atoms with van der Waals surface area (Å²) in [7, 11) is 1.57. The van der Waals surface area contributed by atoms with E-state index in [1.54, 1.807) is 25.7 Å². The van der Waals surface area contributed by atoms with Crippen LogP contribution in [0.5, 0.6) is 0 Å². The van der Waals surface area contributed by atoms with Crippen molar-refractivity contribution in [2.75, 3.05) is 13.7 Å². The van der Waals surface area contributed by atoms with Gasteiger partial charge in [0.1, 0.15) is 23.7 Å². The number of pyridine rings is 2. The molecule has 6 atom stereocenters. The molecule has 11 heteroatoms. The van der Waals surface area contributed by atoms with Gasteiger partial charge in [-0.25, -0.2) is 0 Å². The van der Waals surface area contributed by atoms with Gasteiger partial charge in [0.15, 0.2) is 6.29 Å². The van der Waals surface area contributed by atoms with Crippen molar-refractivity contribution in [2.45, 2.75) is 41.0 Å². The van der Waals surface area contributed by atoms with Crippen LogP contribution in [-0.2, 0) is 18.9 Å². The molecular weight excluding hydrogens is 490 g/mol. The van der Waals surface area contributed by atoms with E-state index in [1.807, 2.05) is 48.5 Å². The molecule has 0 bridgehead atoms. The molecule has 2 aliphatic heterocycles. The quantitative estimate of drug-likeness (QED) is 0.246. The molecular formula is C24H22ClN5O4S. The summed E-state index contributed by atoms with van der Waals surface area (Å²) in [6.07, 6.45) is 2.84. The maximum absolute atomic E-state index is 9.35. The Labute approximate surface area is 211 Å². The number of hydrogen-bond acceptors (Lipinski definition) is 8. The molecule has 0 aliphatic carbocycles. The van der Waals surface area contributed by atoms with Crippen molar-refractivity contribution < 1.29 is 18.9 Å². The highest BCUT2D eigenvalue weighted by Gasteiger charge is 2.50.